The van der Waals surface area contributed by atoms with Crippen LogP contribution < -0.4 is 5.73 Å². The van der Waals surface area contributed by atoms with Crippen LogP contribution in [0.3, 0.4) is 0 Å². The second-order valence-electron chi connectivity index (χ2n) is 7.61. The normalized spacial score (nSPS) is 28.9. The smallest absolute Gasteiger partial charge is 0.153 e. The van der Waals surface area contributed by atoms with Gasteiger partial charge in [-0.1, -0.05) is 41.0 Å². The SMILES string of the molecule is CCC(C)(C)C1CCC(CN)C(S(=O)(=O)CC(C)C)C1. The molecule has 20 heavy (non-hydrogen) atoms. The third-order valence-corrected chi connectivity index (χ3v) is 7.91. The van der Waals surface area contributed by atoms with Crippen molar-refractivity contribution in [2.45, 2.75) is 65.6 Å². The van der Waals surface area contributed by atoms with Crippen LogP contribution in [-0.4, -0.2) is 26.0 Å². The van der Waals surface area contributed by atoms with E-state index in [2.05, 4.69) is 20.8 Å². The number of hydrogen-bond acceptors (Lipinski definition) is 3. The van der Waals surface area contributed by atoms with Crippen LogP contribution in [0.15, 0.2) is 0 Å². The Morgan fingerprint density at radius 2 is 1.85 bits per heavy atom. The van der Waals surface area contributed by atoms with E-state index in [9.17, 15) is 8.42 Å². The van der Waals surface area contributed by atoms with Gasteiger partial charge in [0.25, 0.3) is 0 Å². The average Bonchev–Trinajstić information content (AvgIpc) is 2.36. The highest BCUT2D eigenvalue weighted by molar-refractivity contribution is 7.92. The van der Waals surface area contributed by atoms with E-state index in [0.29, 0.717) is 18.2 Å². The average molecular weight is 304 g/mol. The van der Waals surface area contributed by atoms with Crippen LogP contribution in [0.1, 0.15) is 60.3 Å². The molecule has 0 spiro atoms. The van der Waals surface area contributed by atoms with Gasteiger partial charge in [0.15, 0.2) is 9.84 Å². The molecule has 0 heterocycles. The van der Waals surface area contributed by atoms with Gasteiger partial charge in [-0.2, -0.15) is 0 Å². The summed E-state index contributed by atoms with van der Waals surface area (Å²) in [5.74, 6) is 1.15. The Hall–Kier alpha value is -0.0900. The van der Waals surface area contributed by atoms with Crippen LogP contribution in [0.5, 0.6) is 0 Å². The predicted molar refractivity (Wildman–Crippen MR) is 86.4 cm³/mol. The van der Waals surface area contributed by atoms with E-state index in [-0.39, 0.29) is 22.5 Å². The molecule has 3 atom stereocenters. The maximum Gasteiger partial charge on any atom is 0.153 e. The molecule has 3 unspecified atom stereocenters. The highest BCUT2D eigenvalue weighted by Gasteiger charge is 2.42. The highest BCUT2D eigenvalue weighted by atomic mass is 32.2. The van der Waals surface area contributed by atoms with Crippen molar-refractivity contribution in [2.24, 2.45) is 28.9 Å². The second kappa shape index (κ2) is 6.78. The molecule has 0 aromatic carbocycles. The van der Waals surface area contributed by atoms with Crippen molar-refractivity contribution in [2.75, 3.05) is 12.3 Å². The highest BCUT2D eigenvalue weighted by Crippen LogP contribution is 2.44. The first-order valence-electron chi connectivity index (χ1n) is 8.05. The Labute approximate surface area is 125 Å². The van der Waals surface area contributed by atoms with Crippen molar-refractivity contribution in [1.82, 2.24) is 0 Å². The number of hydrogen-bond donors (Lipinski definition) is 1. The number of nitrogens with two attached hydrogens (primary N) is 1. The van der Waals surface area contributed by atoms with Crippen molar-refractivity contribution < 1.29 is 8.42 Å². The molecule has 1 rings (SSSR count). The summed E-state index contributed by atoms with van der Waals surface area (Å²) in [6.45, 7) is 11.2. The molecule has 1 aliphatic carbocycles. The van der Waals surface area contributed by atoms with Gasteiger partial charge >= 0.3 is 0 Å². The van der Waals surface area contributed by atoms with E-state index in [1.807, 2.05) is 13.8 Å². The van der Waals surface area contributed by atoms with Gasteiger partial charge in [-0.3, -0.25) is 0 Å². The number of rotatable bonds is 6. The Balaban J connectivity index is 2.95. The van der Waals surface area contributed by atoms with E-state index in [4.69, 9.17) is 5.73 Å². The van der Waals surface area contributed by atoms with Gasteiger partial charge in [-0.05, 0) is 49.0 Å². The fraction of sp³-hybridized carbons (Fsp3) is 1.00. The molecule has 1 aliphatic rings. The molecule has 2 N–H and O–H groups in total. The molecule has 0 bridgehead atoms. The van der Waals surface area contributed by atoms with Crippen LogP contribution in [-0.2, 0) is 9.84 Å². The molecule has 1 saturated carbocycles. The standard InChI is InChI=1S/C16H33NO2S/c1-6-16(4,5)14-8-7-13(10-17)15(9-14)20(18,19)11-12(2)3/h12-15H,6-11,17H2,1-5H3. The molecule has 3 nitrogen and oxygen atoms in total. The van der Waals surface area contributed by atoms with Crippen LogP contribution in [0.4, 0.5) is 0 Å². The lowest BCUT2D eigenvalue weighted by Crippen LogP contribution is -2.44. The molecular weight excluding hydrogens is 270 g/mol. The zero-order valence-electron chi connectivity index (χ0n) is 13.9. The lowest BCUT2D eigenvalue weighted by molar-refractivity contribution is 0.132. The Morgan fingerprint density at radius 3 is 2.30 bits per heavy atom. The first kappa shape index (κ1) is 18.0. The minimum Gasteiger partial charge on any atom is -0.330 e. The molecule has 0 aliphatic heterocycles. The molecule has 0 aromatic rings. The van der Waals surface area contributed by atoms with Gasteiger partial charge in [0.05, 0.1) is 11.0 Å². The predicted octanol–water partition coefficient (Wildman–Crippen LogP) is 3.24. The summed E-state index contributed by atoms with van der Waals surface area (Å²) in [6.07, 6.45) is 3.99. The Bertz CT molecular complexity index is 401. The van der Waals surface area contributed by atoms with Crippen LogP contribution in [0.25, 0.3) is 0 Å². The van der Waals surface area contributed by atoms with E-state index in [1.165, 1.54) is 0 Å². The molecule has 120 valence electrons. The summed E-state index contributed by atoms with van der Waals surface area (Å²) >= 11 is 0. The minimum atomic E-state index is -3.03. The summed E-state index contributed by atoms with van der Waals surface area (Å²) in [7, 11) is -3.03. The minimum absolute atomic E-state index is 0.155. The first-order chi connectivity index (χ1) is 9.14. The molecule has 0 radical (unpaired) electrons. The monoisotopic (exact) mass is 303 g/mol. The topological polar surface area (TPSA) is 60.2 Å². The largest absolute Gasteiger partial charge is 0.330 e. The Kier molecular flexibility index (Phi) is 6.09. The summed E-state index contributed by atoms with van der Waals surface area (Å²) in [5.41, 5.74) is 6.07. The zero-order chi connectivity index (χ0) is 15.6. The molecular formula is C16H33NO2S. The lowest BCUT2D eigenvalue weighted by Gasteiger charge is -2.42. The van der Waals surface area contributed by atoms with Gasteiger partial charge in [0.2, 0.25) is 0 Å². The van der Waals surface area contributed by atoms with Crippen molar-refractivity contribution in [3.8, 4) is 0 Å². The van der Waals surface area contributed by atoms with Gasteiger partial charge in [-0.15, -0.1) is 0 Å². The van der Waals surface area contributed by atoms with Crippen LogP contribution >= 0.6 is 0 Å². The van der Waals surface area contributed by atoms with Crippen molar-refractivity contribution in [1.29, 1.82) is 0 Å². The van der Waals surface area contributed by atoms with Gasteiger partial charge in [0.1, 0.15) is 0 Å². The van der Waals surface area contributed by atoms with E-state index in [1.54, 1.807) is 0 Å². The van der Waals surface area contributed by atoms with Gasteiger partial charge in [-0.25, -0.2) is 8.42 Å². The fourth-order valence-corrected chi connectivity index (χ4v) is 6.02. The molecule has 0 aromatic heterocycles. The second-order valence-corrected chi connectivity index (χ2v) is 9.87. The summed E-state index contributed by atoms with van der Waals surface area (Å²) in [6, 6.07) is 0. The molecule has 0 saturated heterocycles. The summed E-state index contributed by atoms with van der Waals surface area (Å²) in [4.78, 5) is 0. The van der Waals surface area contributed by atoms with Crippen molar-refractivity contribution in [3.05, 3.63) is 0 Å². The van der Waals surface area contributed by atoms with Crippen molar-refractivity contribution >= 4 is 9.84 Å². The quantitative estimate of drug-likeness (QED) is 0.819. The van der Waals surface area contributed by atoms with Gasteiger partial charge < -0.3 is 5.73 Å². The summed E-state index contributed by atoms with van der Waals surface area (Å²) < 4.78 is 25.3. The van der Waals surface area contributed by atoms with Crippen LogP contribution in [0.2, 0.25) is 0 Å². The summed E-state index contributed by atoms with van der Waals surface area (Å²) in [5, 5.41) is -0.223. The fourth-order valence-electron chi connectivity index (χ4n) is 3.49. The maximum absolute atomic E-state index is 12.7. The van der Waals surface area contributed by atoms with Crippen LogP contribution in [0, 0.1) is 23.2 Å². The maximum atomic E-state index is 12.7. The third kappa shape index (κ3) is 4.20. The molecule has 1 fully saturated rings. The molecule has 4 heteroatoms. The first-order valence-corrected chi connectivity index (χ1v) is 9.77. The molecule has 0 amide bonds. The zero-order valence-corrected chi connectivity index (χ0v) is 14.7. The lowest BCUT2D eigenvalue weighted by atomic mass is 9.67. The van der Waals surface area contributed by atoms with E-state index >= 15 is 0 Å². The van der Waals surface area contributed by atoms with Gasteiger partial charge in [0, 0.05) is 0 Å². The Morgan fingerprint density at radius 1 is 1.25 bits per heavy atom. The van der Waals surface area contributed by atoms with Crippen molar-refractivity contribution in [3.63, 3.8) is 0 Å². The third-order valence-electron chi connectivity index (χ3n) is 5.27. The van der Waals surface area contributed by atoms with E-state index in [0.717, 1.165) is 25.7 Å². The number of sulfone groups is 1. The van der Waals surface area contributed by atoms with E-state index < -0.39 is 9.84 Å².